The first-order valence-corrected chi connectivity index (χ1v) is 8.13. The van der Waals surface area contributed by atoms with Gasteiger partial charge in [-0.25, -0.2) is 0 Å². The third-order valence-electron chi connectivity index (χ3n) is 4.03. The van der Waals surface area contributed by atoms with Crippen LogP contribution < -0.4 is 9.47 Å². The standard InChI is InChI=1S/C18H19ClN2O3/c1-23-16-10-13(9-15(19)17(16)24-2)18(22)21(14-3-4-14)11-12-5-7-20-8-6-12/h5-10,14H,3-4,11H2,1-2H3. The Kier molecular flexibility index (Phi) is 4.90. The van der Waals surface area contributed by atoms with Crippen LogP contribution in [0.5, 0.6) is 11.5 Å². The van der Waals surface area contributed by atoms with E-state index in [1.807, 2.05) is 17.0 Å². The van der Waals surface area contributed by atoms with Crippen molar-refractivity contribution in [1.29, 1.82) is 0 Å². The van der Waals surface area contributed by atoms with Crippen molar-refractivity contribution in [3.8, 4) is 11.5 Å². The summed E-state index contributed by atoms with van der Waals surface area (Å²) in [7, 11) is 3.04. The van der Waals surface area contributed by atoms with Crippen LogP contribution in [0.2, 0.25) is 5.02 Å². The van der Waals surface area contributed by atoms with Crippen molar-refractivity contribution < 1.29 is 14.3 Å². The summed E-state index contributed by atoms with van der Waals surface area (Å²) in [6.07, 6.45) is 5.52. The van der Waals surface area contributed by atoms with E-state index in [4.69, 9.17) is 21.1 Å². The lowest BCUT2D eigenvalue weighted by atomic mass is 10.1. The largest absolute Gasteiger partial charge is 0.493 e. The molecule has 1 fully saturated rings. The molecule has 0 aliphatic heterocycles. The number of halogens is 1. The fraction of sp³-hybridized carbons (Fsp3) is 0.333. The molecule has 24 heavy (non-hydrogen) atoms. The minimum atomic E-state index is -0.0582. The fourth-order valence-corrected chi connectivity index (χ4v) is 2.93. The zero-order valence-electron chi connectivity index (χ0n) is 13.7. The van der Waals surface area contributed by atoms with Gasteiger partial charge >= 0.3 is 0 Å². The number of hydrogen-bond donors (Lipinski definition) is 0. The molecule has 3 rings (SSSR count). The Hall–Kier alpha value is -2.27. The van der Waals surface area contributed by atoms with Crippen LogP contribution >= 0.6 is 11.6 Å². The second-order valence-electron chi connectivity index (χ2n) is 5.71. The molecule has 0 unspecified atom stereocenters. The van der Waals surface area contributed by atoms with Crippen LogP contribution in [0.1, 0.15) is 28.8 Å². The summed E-state index contributed by atoms with van der Waals surface area (Å²) < 4.78 is 10.5. The van der Waals surface area contributed by atoms with Gasteiger partial charge in [-0.05, 0) is 42.7 Å². The van der Waals surface area contributed by atoms with Gasteiger partial charge in [-0.3, -0.25) is 9.78 Å². The van der Waals surface area contributed by atoms with E-state index in [2.05, 4.69) is 4.98 Å². The Balaban J connectivity index is 1.89. The maximum atomic E-state index is 13.0. The van der Waals surface area contributed by atoms with Crippen molar-refractivity contribution in [1.82, 2.24) is 9.88 Å². The topological polar surface area (TPSA) is 51.7 Å². The second kappa shape index (κ2) is 7.09. The number of amides is 1. The number of ether oxygens (including phenoxy) is 2. The van der Waals surface area contributed by atoms with E-state index in [-0.39, 0.29) is 11.9 Å². The second-order valence-corrected chi connectivity index (χ2v) is 6.12. The number of aromatic nitrogens is 1. The lowest BCUT2D eigenvalue weighted by Gasteiger charge is -2.23. The van der Waals surface area contributed by atoms with Crippen molar-refractivity contribution in [3.05, 3.63) is 52.8 Å². The quantitative estimate of drug-likeness (QED) is 0.802. The number of methoxy groups -OCH3 is 2. The molecule has 0 N–H and O–H groups in total. The van der Waals surface area contributed by atoms with E-state index in [1.165, 1.54) is 14.2 Å². The Bertz CT molecular complexity index is 733. The molecule has 1 aliphatic rings. The highest BCUT2D eigenvalue weighted by Crippen LogP contribution is 2.37. The molecule has 1 heterocycles. The van der Waals surface area contributed by atoms with E-state index >= 15 is 0 Å². The number of pyridine rings is 1. The van der Waals surface area contributed by atoms with Crippen molar-refractivity contribution >= 4 is 17.5 Å². The normalized spacial score (nSPS) is 13.5. The van der Waals surface area contributed by atoms with E-state index in [0.717, 1.165) is 18.4 Å². The maximum absolute atomic E-state index is 13.0. The van der Waals surface area contributed by atoms with Crippen molar-refractivity contribution in [2.75, 3.05) is 14.2 Å². The average molecular weight is 347 g/mol. The molecule has 0 bridgehead atoms. The molecule has 126 valence electrons. The predicted molar refractivity (Wildman–Crippen MR) is 91.7 cm³/mol. The minimum Gasteiger partial charge on any atom is -0.493 e. The highest BCUT2D eigenvalue weighted by atomic mass is 35.5. The predicted octanol–water partition coefficient (Wildman–Crippen LogP) is 3.56. The van der Waals surface area contributed by atoms with Crippen LogP contribution in [0.15, 0.2) is 36.7 Å². The fourth-order valence-electron chi connectivity index (χ4n) is 2.65. The third-order valence-corrected chi connectivity index (χ3v) is 4.31. The lowest BCUT2D eigenvalue weighted by Crippen LogP contribution is -2.32. The summed E-state index contributed by atoms with van der Waals surface area (Å²) >= 11 is 6.23. The van der Waals surface area contributed by atoms with Crippen LogP contribution in [0.4, 0.5) is 0 Å². The molecular formula is C18H19ClN2O3. The molecule has 1 aliphatic carbocycles. The van der Waals surface area contributed by atoms with Crippen molar-refractivity contribution in [2.45, 2.75) is 25.4 Å². The first kappa shape index (κ1) is 16.6. The van der Waals surface area contributed by atoms with Crippen LogP contribution in [0.25, 0.3) is 0 Å². The third kappa shape index (κ3) is 3.46. The molecule has 0 spiro atoms. The van der Waals surface area contributed by atoms with Gasteiger partial charge in [-0.2, -0.15) is 0 Å². The molecule has 6 heteroatoms. The first-order chi connectivity index (χ1) is 11.6. The van der Waals surface area contributed by atoms with Crippen molar-refractivity contribution in [2.24, 2.45) is 0 Å². The van der Waals surface area contributed by atoms with Crippen molar-refractivity contribution in [3.63, 3.8) is 0 Å². The summed E-state index contributed by atoms with van der Waals surface area (Å²) in [6, 6.07) is 7.42. The van der Waals surface area contributed by atoms with Gasteiger partial charge in [-0.15, -0.1) is 0 Å². The molecule has 0 atom stereocenters. The number of rotatable bonds is 6. The molecule has 2 aromatic rings. The Morgan fingerprint density at radius 2 is 1.96 bits per heavy atom. The highest BCUT2D eigenvalue weighted by Gasteiger charge is 2.33. The minimum absolute atomic E-state index is 0.0582. The number of hydrogen-bond acceptors (Lipinski definition) is 4. The van der Waals surface area contributed by atoms with Gasteiger partial charge in [-0.1, -0.05) is 11.6 Å². The summed E-state index contributed by atoms with van der Waals surface area (Å²) in [5, 5.41) is 0.361. The molecule has 1 aromatic carbocycles. The van der Waals surface area contributed by atoms with Crippen LogP contribution in [-0.4, -0.2) is 36.1 Å². The molecule has 1 amide bonds. The van der Waals surface area contributed by atoms with Gasteiger partial charge in [0.25, 0.3) is 5.91 Å². The zero-order valence-corrected chi connectivity index (χ0v) is 14.4. The number of carbonyl (C=O) groups excluding carboxylic acids is 1. The number of carbonyl (C=O) groups is 1. The molecule has 0 radical (unpaired) electrons. The zero-order chi connectivity index (χ0) is 17.1. The van der Waals surface area contributed by atoms with Gasteiger partial charge in [0.1, 0.15) is 0 Å². The van der Waals surface area contributed by atoms with Crippen LogP contribution in [0.3, 0.4) is 0 Å². The highest BCUT2D eigenvalue weighted by molar-refractivity contribution is 6.32. The Morgan fingerprint density at radius 1 is 1.25 bits per heavy atom. The molecule has 1 saturated carbocycles. The molecule has 0 saturated heterocycles. The Labute approximate surface area is 146 Å². The smallest absolute Gasteiger partial charge is 0.254 e. The number of nitrogens with zero attached hydrogens (tertiary/aromatic N) is 2. The van der Waals surface area contributed by atoms with E-state index in [1.54, 1.807) is 24.5 Å². The monoisotopic (exact) mass is 346 g/mol. The lowest BCUT2D eigenvalue weighted by molar-refractivity contribution is 0.0729. The summed E-state index contributed by atoms with van der Waals surface area (Å²) in [5.41, 5.74) is 1.55. The summed E-state index contributed by atoms with van der Waals surface area (Å²) in [4.78, 5) is 18.9. The van der Waals surface area contributed by atoms with Gasteiger partial charge in [0, 0.05) is 30.5 Å². The molecule has 5 nitrogen and oxygen atoms in total. The molecule has 1 aromatic heterocycles. The summed E-state index contributed by atoms with van der Waals surface area (Å²) in [5.74, 6) is 0.827. The van der Waals surface area contributed by atoms with E-state index in [0.29, 0.717) is 28.6 Å². The van der Waals surface area contributed by atoms with Gasteiger partial charge in [0.2, 0.25) is 0 Å². The van der Waals surface area contributed by atoms with E-state index < -0.39 is 0 Å². The Morgan fingerprint density at radius 3 is 2.54 bits per heavy atom. The van der Waals surface area contributed by atoms with Crippen LogP contribution in [0, 0.1) is 0 Å². The number of benzene rings is 1. The van der Waals surface area contributed by atoms with Gasteiger partial charge in [0.05, 0.1) is 19.2 Å². The SMILES string of the molecule is COc1cc(C(=O)N(Cc2ccncc2)C2CC2)cc(Cl)c1OC. The maximum Gasteiger partial charge on any atom is 0.254 e. The van der Waals surface area contributed by atoms with Gasteiger partial charge in [0.15, 0.2) is 11.5 Å². The summed E-state index contributed by atoms with van der Waals surface area (Å²) in [6.45, 7) is 0.554. The van der Waals surface area contributed by atoms with Gasteiger partial charge < -0.3 is 14.4 Å². The van der Waals surface area contributed by atoms with E-state index in [9.17, 15) is 4.79 Å². The molecular weight excluding hydrogens is 328 g/mol. The first-order valence-electron chi connectivity index (χ1n) is 7.75. The van der Waals surface area contributed by atoms with Crippen LogP contribution in [-0.2, 0) is 6.54 Å². The average Bonchev–Trinajstić information content (AvgIpc) is 3.44.